The van der Waals surface area contributed by atoms with Gasteiger partial charge >= 0.3 is 5.82 Å². The minimum absolute atomic E-state index is 0.0955. The third-order valence-electron chi connectivity index (χ3n) is 2.09. The number of hydrogen-bond acceptors (Lipinski definition) is 5. The van der Waals surface area contributed by atoms with Gasteiger partial charge in [0, 0.05) is 13.1 Å². The SMILES string of the molecule is O=[N+]([O-])c1ncccc1N1CCCN1. The quantitative estimate of drug-likeness (QED) is 0.554. The van der Waals surface area contributed by atoms with Crippen LogP contribution in [0.2, 0.25) is 0 Å². The maximum absolute atomic E-state index is 10.7. The molecule has 2 heterocycles. The summed E-state index contributed by atoms with van der Waals surface area (Å²) in [6, 6.07) is 3.39. The van der Waals surface area contributed by atoms with E-state index in [4.69, 9.17) is 0 Å². The molecular weight excluding hydrogens is 184 g/mol. The van der Waals surface area contributed by atoms with Gasteiger partial charge in [0.15, 0.2) is 5.69 Å². The molecule has 0 bridgehead atoms. The Balaban J connectivity index is 2.35. The van der Waals surface area contributed by atoms with Gasteiger partial charge in [-0.15, -0.1) is 0 Å². The molecule has 0 aliphatic carbocycles. The van der Waals surface area contributed by atoms with E-state index in [2.05, 4.69) is 10.4 Å². The van der Waals surface area contributed by atoms with Gasteiger partial charge < -0.3 is 15.1 Å². The maximum Gasteiger partial charge on any atom is 0.388 e. The summed E-state index contributed by atoms with van der Waals surface area (Å²) in [6.45, 7) is 1.64. The lowest BCUT2D eigenvalue weighted by Crippen LogP contribution is -2.31. The summed E-state index contributed by atoms with van der Waals surface area (Å²) in [6.07, 6.45) is 2.42. The van der Waals surface area contributed by atoms with E-state index in [1.165, 1.54) is 6.20 Å². The van der Waals surface area contributed by atoms with Crippen LogP contribution in [0.5, 0.6) is 0 Å². The number of nitrogens with one attached hydrogen (secondary N) is 1. The van der Waals surface area contributed by atoms with Crippen LogP contribution in [0, 0.1) is 10.1 Å². The predicted octanol–water partition coefficient (Wildman–Crippen LogP) is 0.704. The minimum Gasteiger partial charge on any atom is -0.358 e. The molecule has 0 unspecified atom stereocenters. The van der Waals surface area contributed by atoms with Gasteiger partial charge in [0.25, 0.3) is 0 Å². The summed E-state index contributed by atoms with van der Waals surface area (Å²) >= 11 is 0. The molecule has 14 heavy (non-hydrogen) atoms. The van der Waals surface area contributed by atoms with Crippen molar-refractivity contribution in [3.05, 3.63) is 28.4 Å². The number of rotatable bonds is 2. The zero-order chi connectivity index (χ0) is 9.97. The topological polar surface area (TPSA) is 71.3 Å². The molecule has 2 rings (SSSR count). The number of pyridine rings is 1. The molecule has 0 amide bonds. The van der Waals surface area contributed by atoms with Crippen LogP contribution in [0.1, 0.15) is 6.42 Å². The average molecular weight is 194 g/mol. The zero-order valence-electron chi connectivity index (χ0n) is 7.51. The molecule has 0 spiro atoms. The summed E-state index contributed by atoms with van der Waals surface area (Å²) in [5, 5.41) is 12.4. The Bertz CT molecular complexity index is 349. The molecule has 1 fully saturated rings. The highest BCUT2D eigenvalue weighted by Crippen LogP contribution is 2.24. The average Bonchev–Trinajstić information content (AvgIpc) is 2.70. The number of aromatic nitrogens is 1. The van der Waals surface area contributed by atoms with Crippen molar-refractivity contribution in [2.45, 2.75) is 6.42 Å². The fourth-order valence-corrected chi connectivity index (χ4v) is 1.48. The molecule has 1 aromatic heterocycles. The Labute approximate surface area is 80.7 Å². The summed E-state index contributed by atoms with van der Waals surface area (Å²) in [5.41, 5.74) is 3.59. The van der Waals surface area contributed by atoms with E-state index in [1.807, 2.05) is 0 Å². The van der Waals surface area contributed by atoms with E-state index in [9.17, 15) is 10.1 Å². The fraction of sp³-hybridized carbons (Fsp3) is 0.375. The van der Waals surface area contributed by atoms with Gasteiger partial charge in [0.2, 0.25) is 0 Å². The van der Waals surface area contributed by atoms with Crippen molar-refractivity contribution in [3.63, 3.8) is 0 Å². The van der Waals surface area contributed by atoms with E-state index >= 15 is 0 Å². The van der Waals surface area contributed by atoms with Crippen LogP contribution < -0.4 is 10.4 Å². The van der Waals surface area contributed by atoms with Gasteiger partial charge in [0.05, 0.1) is 0 Å². The van der Waals surface area contributed by atoms with Crippen LogP contribution in [0.3, 0.4) is 0 Å². The third kappa shape index (κ3) is 1.51. The number of nitro groups is 1. The van der Waals surface area contributed by atoms with E-state index in [0.717, 1.165) is 19.5 Å². The smallest absolute Gasteiger partial charge is 0.358 e. The molecule has 6 nitrogen and oxygen atoms in total. The van der Waals surface area contributed by atoms with E-state index in [1.54, 1.807) is 17.1 Å². The zero-order valence-corrected chi connectivity index (χ0v) is 7.51. The van der Waals surface area contributed by atoms with E-state index in [-0.39, 0.29) is 5.82 Å². The molecule has 0 aromatic carbocycles. The second-order valence-corrected chi connectivity index (χ2v) is 3.02. The number of hydrogen-bond donors (Lipinski definition) is 1. The molecule has 74 valence electrons. The lowest BCUT2D eigenvalue weighted by Gasteiger charge is -2.16. The van der Waals surface area contributed by atoms with Crippen LogP contribution >= 0.6 is 0 Å². The van der Waals surface area contributed by atoms with Crippen molar-refractivity contribution >= 4 is 11.5 Å². The van der Waals surface area contributed by atoms with Gasteiger partial charge in [-0.25, -0.2) is 5.43 Å². The monoisotopic (exact) mass is 194 g/mol. The number of nitrogens with zero attached hydrogens (tertiary/aromatic N) is 3. The Hall–Kier alpha value is -1.69. The Kier molecular flexibility index (Phi) is 2.28. The molecule has 0 atom stereocenters. The molecule has 1 N–H and O–H groups in total. The second kappa shape index (κ2) is 3.59. The lowest BCUT2D eigenvalue weighted by molar-refractivity contribution is -0.388. The van der Waals surface area contributed by atoms with Gasteiger partial charge in [-0.05, 0) is 28.5 Å². The summed E-state index contributed by atoms with van der Waals surface area (Å²) in [4.78, 5) is 13.9. The van der Waals surface area contributed by atoms with Crippen LogP contribution in [0.25, 0.3) is 0 Å². The third-order valence-corrected chi connectivity index (χ3v) is 2.09. The molecule has 1 saturated heterocycles. The van der Waals surface area contributed by atoms with E-state index < -0.39 is 4.92 Å². The molecular formula is C8H10N4O2. The largest absolute Gasteiger partial charge is 0.388 e. The van der Waals surface area contributed by atoms with Crippen molar-refractivity contribution < 1.29 is 4.92 Å². The predicted molar refractivity (Wildman–Crippen MR) is 50.9 cm³/mol. The maximum atomic E-state index is 10.7. The second-order valence-electron chi connectivity index (χ2n) is 3.02. The molecule has 1 aliphatic rings. The van der Waals surface area contributed by atoms with Crippen LogP contribution in [-0.2, 0) is 0 Å². The standard InChI is InChI=1S/C8H10N4O2/c13-12(14)8-7(3-1-4-9-8)11-6-2-5-10-11/h1,3-4,10H,2,5-6H2. The first-order valence-corrected chi connectivity index (χ1v) is 4.39. The highest BCUT2D eigenvalue weighted by molar-refractivity contribution is 5.58. The van der Waals surface area contributed by atoms with E-state index in [0.29, 0.717) is 5.69 Å². The molecule has 1 aliphatic heterocycles. The Morgan fingerprint density at radius 3 is 3.14 bits per heavy atom. The summed E-state index contributed by atoms with van der Waals surface area (Å²) in [5.74, 6) is -0.0955. The molecule has 0 radical (unpaired) electrons. The van der Waals surface area contributed by atoms with Crippen molar-refractivity contribution in [1.29, 1.82) is 0 Å². The first-order chi connectivity index (χ1) is 6.79. The fourth-order valence-electron chi connectivity index (χ4n) is 1.48. The van der Waals surface area contributed by atoms with Crippen molar-refractivity contribution in [1.82, 2.24) is 10.4 Å². The summed E-state index contributed by atoms with van der Waals surface area (Å²) in [7, 11) is 0. The first kappa shape index (κ1) is 8.89. The Morgan fingerprint density at radius 2 is 2.50 bits per heavy atom. The van der Waals surface area contributed by atoms with Crippen molar-refractivity contribution in [3.8, 4) is 0 Å². The number of anilines is 1. The molecule has 1 aromatic rings. The van der Waals surface area contributed by atoms with Crippen LogP contribution in [0.15, 0.2) is 18.3 Å². The van der Waals surface area contributed by atoms with Crippen molar-refractivity contribution in [2.24, 2.45) is 0 Å². The van der Waals surface area contributed by atoms with Gasteiger partial charge in [-0.1, -0.05) is 0 Å². The normalized spacial score (nSPS) is 15.9. The van der Waals surface area contributed by atoms with Gasteiger partial charge in [-0.2, -0.15) is 0 Å². The van der Waals surface area contributed by atoms with Gasteiger partial charge in [0.1, 0.15) is 6.20 Å². The van der Waals surface area contributed by atoms with Crippen molar-refractivity contribution in [2.75, 3.05) is 18.1 Å². The Morgan fingerprint density at radius 1 is 1.64 bits per heavy atom. The van der Waals surface area contributed by atoms with Crippen LogP contribution in [-0.4, -0.2) is 23.0 Å². The first-order valence-electron chi connectivity index (χ1n) is 4.39. The molecule has 0 saturated carbocycles. The lowest BCUT2D eigenvalue weighted by atomic mass is 10.3. The number of hydrazine groups is 1. The highest BCUT2D eigenvalue weighted by atomic mass is 16.6. The summed E-state index contributed by atoms with van der Waals surface area (Å²) < 4.78 is 0. The van der Waals surface area contributed by atoms with Gasteiger partial charge in [-0.3, -0.25) is 0 Å². The van der Waals surface area contributed by atoms with Crippen LogP contribution in [0.4, 0.5) is 11.5 Å². The molecule has 6 heteroatoms. The highest BCUT2D eigenvalue weighted by Gasteiger charge is 2.22. The minimum atomic E-state index is -0.463.